The van der Waals surface area contributed by atoms with Gasteiger partial charge >= 0.3 is 0 Å². The van der Waals surface area contributed by atoms with Crippen molar-refractivity contribution in [2.24, 2.45) is 0 Å². The second-order valence-corrected chi connectivity index (χ2v) is 5.45. The van der Waals surface area contributed by atoms with Crippen LogP contribution in [0, 0.1) is 5.82 Å². The average molecular weight is 310 g/mol. The SMILES string of the molecule is CSc1ccccc1NC(=O)Cc1ccc(Cl)cc1F. The number of para-hydroxylation sites is 1. The molecule has 2 aromatic rings. The van der Waals surface area contributed by atoms with Crippen LogP contribution < -0.4 is 5.32 Å². The van der Waals surface area contributed by atoms with E-state index in [-0.39, 0.29) is 12.3 Å². The summed E-state index contributed by atoms with van der Waals surface area (Å²) in [6.07, 6.45) is 1.91. The van der Waals surface area contributed by atoms with Gasteiger partial charge in [-0.25, -0.2) is 4.39 Å². The number of anilines is 1. The number of carbonyl (C=O) groups is 1. The molecule has 0 aromatic heterocycles. The molecule has 0 fully saturated rings. The van der Waals surface area contributed by atoms with Gasteiger partial charge in [0.1, 0.15) is 5.82 Å². The highest BCUT2D eigenvalue weighted by molar-refractivity contribution is 7.98. The summed E-state index contributed by atoms with van der Waals surface area (Å²) in [7, 11) is 0. The van der Waals surface area contributed by atoms with E-state index in [2.05, 4.69) is 5.32 Å². The molecular weight excluding hydrogens is 297 g/mol. The monoisotopic (exact) mass is 309 g/mol. The number of hydrogen-bond donors (Lipinski definition) is 1. The molecule has 0 unspecified atom stereocenters. The van der Waals surface area contributed by atoms with Gasteiger partial charge in [0.25, 0.3) is 0 Å². The van der Waals surface area contributed by atoms with Crippen LogP contribution in [0.25, 0.3) is 0 Å². The van der Waals surface area contributed by atoms with E-state index in [1.165, 1.54) is 12.1 Å². The van der Waals surface area contributed by atoms with Gasteiger partial charge < -0.3 is 5.32 Å². The van der Waals surface area contributed by atoms with Gasteiger partial charge in [0.2, 0.25) is 5.91 Å². The average Bonchev–Trinajstić information content (AvgIpc) is 2.42. The Hall–Kier alpha value is -1.52. The Morgan fingerprint density at radius 3 is 2.75 bits per heavy atom. The number of benzene rings is 2. The van der Waals surface area contributed by atoms with Crippen molar-refractivity contribution in [2.45, 2.75) is 11.3 Å². The zero-order chi connectivity index (χ0) is 14.5. The summed E-state index contributed by atoms with van der Waals surface area (Å²) in [6, 6.07) is 11.8. The molecule has 0 aliphatic heterocycles. The standard InChI is InChI=1S/C15H13ClFNOS/c1-20-14-5-3-2-4-13(14)18-15(19)8-10-6-7-11(16)9-12(10)17/h2-7,9H,8H2,1H3,(H,18,19). The van der Waals surface area contributed by atoms with E-state index in [1.807, 2.05) is 30.5 Å². The van der Waals surface area contributed by atoms with Gasteiger partial charge in [-0.15, -0.1) is 11.8 Å². The normalized spacial score (nSPS) is 10.3. The first-order valence-electron chi connectivity index (χ1n) is 5.97. The van der Waals surface area contributed by atoms with E-state index < -0.39 is 5.82 Å². The Morgan fingerprint density at radius 2 is 2.05 bits per heavy atom. The lowest BCUT2D eigenvalue weighted by molar-refractivity contribution is -0.115. The first-order chi connectivity index (χ1) is 9.60. The summed E-state index contributed by atoms with van der Waals surface area (Å²) in [5.41, 5.74) is 1.06. The van der Waals surface area contributed by atoms with E-state index in [1.54, 1.807) is 17.8 Å². The van der Waals surface area contributed by atoms with Crippen molar-refractivity contribution in [1.82, 2.24) is 0 Å². The fourth-order valence-electron chi connectivity index (χ4n) is 1.78. The molecule has 104 valence electrons. The molecule has 0 aliphatic carbocycles. The molecule has 0 heterocycles. The predicted molar refractivity (Wildman–Crippen MR) is 82.0 cm³/mol. The van der Waals surface area contributed by atoms with E-state index in [0.29, 0.717) is 10.6 Å². The number of carbonyl (C=O) groups excluding carboxylic acids is 1. The van der Waals surface area contributed by atoms with Gasteiger partial charge in [-0.1, -0.05) is 29.8 Å². The maximum atomic E-state index is 13.6. The predicted octanol–water partition coefficient (Wildman–Crippen LogP) is 4.38. The fraction of sp³-hybridized carbons (Fsp3) is 0.133. The minimum atomic E-state index is -0.467. The summed E-state index contributed by atoms with van der Waals surface area (Å²) in [5.74, 6) is -0.724. The van der Waals surface area contributed by atoms with Crippen LogP contribution in [-0.4, -0.2) is 12.2 Å². The van der Waals surface area contributed by atoms with Crippen LogP contribution in [0.5, 0.6) is 0 Å². The Balaban J connectivity index is 2.09. The van der Waals surface area contributed by atoms with Crippen molar-refractivity contribution in [2.75, 3.05) is 11.6 Å². The fourth-order valence-corrected chi connectivity index (χ4v) is 2.49. The minimum absolute atomic E-state index is 0.0221. The molecule has 0 radical (unpaired) electrons. The van der Waals surface area contributed by atoms with Crippen LogP contribution in [0.1, 0.15) is 5.56 Å². The van der Waals surface area contributed by atoms with Crippen LogP contribution in [-0.2, 0) is 11.2 Å². The van der Waals surface area contributed by atoms with E-state index >= 15 is 0 Å². The quantitative estimate of drug-likeness (QED) is 0.849. The molecule has 2 nitrogen and oxygen atoms in total. The van der Waals surface area contributed by atoms with Crippen molar-refractivity contribution < 1.29 is 9.18 Å². The lowest BCUT2D eigenvalue weighted by atomic mass is 10.1. The zero-order valence-electron chi connectivity index (χ0n) is 10.8. The van der Waals surface area contributed by atoms with Gasteiger partial charge in [0.15, 0.2) is 0 Å². The van der Waals surface area contributed by atoms with Crippen LogP contribution >= 0.6 is 23.4 Å². The van der Waals surface area contributed by atoms with Gasteiger partial charge in [-0.05, 0) is 36.1 Å². The Labute approximate surface area is 126 Å². The Bertz CT molecular complexity index is 633. The number of nitrogens with one attached hydrogen (secondary N) is 1. The van der Waals surface area contributed by atoms with Crippen molar-refractivity contribution in [1.29, 1.82) is 0 Å². The molecule has 20 heavy (non-hydrogen) atoms. The highest BCUT2D eigenvalue weighted by Crippen LogP contribution is 2.25. The number of amides is 1. The molecule has 2 rings (SSSR count). The molecule has 5 heteroatoms. The lowest BCUT2D eigenvalue weighted by Crippen LogP contribution is -2.15. The van der Waals surface area contributed by atoms with Crippen molar-refractivity contribution >= 4 is 35.0 Å². The van der Waals surface area contributed by atoms with E-state index in [4.69, 9.17) is 11.6 Å². The molecule has 2 aromatic carbocycles. The van der Waals surface area contributed by atoms with E-state index in [9.17, 15) is 9.18 Å². The van der Waals surface area contributed by atoms with Gasteiger partial charge in [-0.2, -0.15) is 0 Å². The molecular formula is C15H13ClFNOS. The summed E-state index contributed by atoms with van der Waals surface area (Å²) in [4.78, 5) is 12.9. The summed E-state index contributed by atoms with van der Waals surface area (Å²) in [5, 5.41) is 3.11. The highest BCUT2D eigenvalue weighted by atomic mass is 35.5. The molecule has 0 aliphatic rings. The second-order valence-electron chi connectivity index (χ2n) is 4.16. The molecule has 0 saturated heterocycles. The maximum Gasteiger partial charge on any atom is 0.228 e. The minimum Gasteiger partial charge on any atom is -0.325 e. The van der Waals surface area contributed by atoms with Gasteiger partial charge in [0.05, 0.1) is 12.1 Å². The summed E-state index contributed by atoms with van der Waals surface area (Å²) in [6.45, 7) is 0. The third kappa shape index (κ3) is 3.74. The lowest BCUT2D eigenvalue weighted by Gasteiger charge is -2.09. The molecule has 1 N–H and O–H groups in total. The number of hydrogen-bond acceptors (Lipinski definition) is 2. The number of halogens is 2. The van der Waals surface area contributed by atoms with Gasteiger partial charge in [-0.3, -0.25) is 4.79 Å². The molecule has 0 atom stereocenters. The number of thioether (sulfide) groups is 1. The van der Waals surface area contributed by atoms with Crippen LogP contribution in [0.4, 0.5) is 10.1 Å². The van der Waals surface area contributed by atoms with Crippen molar-refractivity contribution in [3.63, 3.8) is 0 Å². The molecule has 1 amide bonds. The van der Waals surface area contributed by atoms with Crippen LogP contribution in [0.15, 0.2) is 47.4 Å². The van der Waals surface area contributed by atoms with E-state index in [0.717, 1.165) is 10.6 Å². The van der Waals surface area contributed by atoms with Gasteiger partial charge in [0, 0.05) is 9.92 Å². The van der Waals surface area contributed by atoms with Crippen LogP contribution in [0.3, 0.4) is 0 Å². The summed E-state index contributed by atoms with van der Waals surface area (Å²) >= 11 is 7.22. The Kier molecular flexibility index (Phi) is 5.04. The Morgan fingerprint density at radius 1 is 1.30 bits per heavy atom. The third-order valence-corrected chi connectivity index (χ3v) is 3.78. The van der Waals surface area contributed by atoms with Crippen LogP contribution in [0.2, 0.25) is 5.02 Å². The maximum absolute atomic E-state index is 13.6. The topological polar surface area (TPSA) is 29.1 Å². The smallest absolute Gasteiger partial charge is 0.228 e. The first-order valence-corrected chi connectivity index (χ1v) is 7.57. The first kappa shape index (κ1) is 14.9. The highest BCUT2D eigenvalue weighted by Gasteiger charge is 2.10. The zero-order valence-corrected chi connectivity index (χ0v) is 12.4. The van der Waals surface area contributed by atoms with Crippen molar-refractivity contribution in [3.05, 3.63) is 58.9 Å². The largest absolute Gasteiger partial charge is 0.325 e. The summed E-state index contributed by atoms with van der Waals surface area (Å²) < 4.78 is 13.6. The molecule has 0 spiro atoms. The third-order valence-electron chi connectivity index (χ3n) is 2.75. The van der Waals surface area contributed by atoms with Crippen molar-refractivity contribution in [3.8, 4) is 0 Å². The molecule has 0 bridgehead atoms. The number of rotatable bonds is 4. The second kappa shape index (κ2) is 6.77. The molecule has 0 saturated carbocycles.